The van der Waals surface area contributed by atoms with Crippen molar-refractivity contribution in [3.63, 3.8) is 0 Å². The summed E-state index contributed by atoms with van der Waals surface area (Å²) in [6.07, 6.45) is 1.14. The van der Waals surface area contributed by atoms with E-state index in [0.29, 0.717) is 12.2 Å². The van der Waals surface area contributed by atoms with E-state index in [-0.39, 0.29) is 11.9 Å². The van der Waals surface area contributed by atoms with Crippen LogP contribution in [0.5, 0.6) is 0 Å². The summed E-state index contributed by atoms with van der Waals surface area (Å²) in [7, 11) is 0. The summed E-state index contributed by atoms with van der Waals surface area (Å²) in [5.41, 5.74) is 2.75. The van der Waals surface area contributed by atoms with E-state index in [0.717, 1.165) is 27.7 Å². The van der Waals surface area contributed by atoms with Crippen LogP contribution in [0.1, 0.15) is 42.0 Å². The van der Waals surface area contributed by atoms with Crippen LogP contribution in [0, 0.1) is 13.8 Å². The SMILES string of the molecule is CC[C@@H](NC(=O)Cc1c(C)noc1C)c1ccc(Br)cc1. The molecule has 21 heavy (non-hydrogen) atoms. The molecule has 5 heteroatoms. The van der Waals surface area contributed by atoms with Crippen LogP contribution in [0.2, 0.25) is 0 Å². The second kappa shape index (κ2) is 6.89. The lowest BCUT2D eigenvalue weighted by Crippen LogP contribution is -2.29. The predicted octanol–water partition coefficient (Wildman–Crippen LogP) is 3.86. The third-order valence-corrected chi connectivity index (χ3v) is 4.06. The van der Waals surface area contributed by atoms with Gasteiger partial charge in [0, 0.05) is 10.0 Å². The van der Waals surface area contributed by atoms with Gasteiger partial charge in [0.2, 0.25) is 5.91 Å². The largest absolute Gasteiger partial charge is 0.361 e. The fraction of sp³-hybridized carbons (Fsp3) is 0.375. The van der Waals surface area contributed by atoms with Crippen LogP contribution in [-0.2, 0) is 11.2 Å². The van der Waals surface area contributed by atoms with Gasteiger partial charge in [-0.2, -0.15) is 0 Å². The number of aryl methyl sites for hydroxylation is 2. The second-order valence-corrected chi connectivity index (χ2v) is 5.98. The van der Waals surface area contributed by atoms with Crippen LogP contribution in [-0.4, -0.2) is 11.1 Å². The van der Waals surface area contributed by atoms with Gasteiger partial charge >= 0.3 is 0 Å². The molecule has 0 aliphatic carbocycles. The first-order valence-corrected chi connectivity index (χ1v) is 7.77. The molecule has 0 aliphatic heterocycles. The van der Waals surface area contributed by atoms with Crippen molar-refractivity contribution in [2.45, 2.75) is 39.7 Å². The van der Waals surface area contributed by atoms with Gasteiger partial charge in [-0.3, -0.25) is 4.79 Å². The highest BCUT2D eigenvalue weighted by Crippen LogP contribution is 2.20. The number of aromatic nitrogens is 1. The van der Waals surface area contributed by atoms with Crippen molar-refractivity contribution in [3.05, 3.63) is 51.3 Å². The van der Waals surface area contributed by atoms with Crippen LogP contribution >= 0.6 is 15.9 Å². The molecule has 2 rings (SSSR count). The first-order chi connectivity index (χ1) is 10.0. The molecule has 4 nitrogen and oxygen atoms in total. The molecule has 0 spiro atoms. The maximum absolute atomic E-state index is 12.2. The van der Waals surface area contributed by atoms with Crippen LogP contribution < -0.4 is 5.32 Å². The standard InChI is InChI=1S/C16H19BrN2O2/c1-4-15(12-5-7-13(17)8-6-12)18-16(20)9-14-10(2)19-21-11(14)3/h5-8,15H,4,9H2,1-3H3,(H,18,20)/t15-/m1/s1. The molecule has 0 bridgehead atoms. The zero-order valence-electron chi connectivity index (χ0n) is 12.4. The number of amides is 1. The van der Waals surface area contributed by atoms with Gasteiger partial charge in [-0.05, 0) is 38.0 Å². The van der Waals surface area contributed by atoms with Gasteiger partial charge < -0.3 is 9.84 Å². The first-order valence-electron chi connectivity index (χ1n) is 6.97. The maximum Gasteiger partial charge on any atom is 0.225 e. The lowest BCUT2D eigenvalue weighted by Gasteiger charge is -2.17. The molecular weight excluding hydrogens is 332 g/mol. The quantitative estimate of drug-likeness (QED) is 0.890. The third kappa shape index (κ3) is 3.94. The Morgan fingerprint density at radius 3 is 2.52 bits per heavy atom. The van der Waals surface area contributed by atoms with Crippen molar-refractivity contribution in [2.24, 2.45) is 0 Å². The Morgan fingerprint density at radius 2 is 2.00 bits per heavy atom. The molecule has 2 aromatic rings. The highest BCUT2D eigenvalue weighted by Gasteiger charge is 2.17. The van der Waals surface area contributed by atoms with Crippen molar-refractivity contribution in [1.29, 1.82) is 0 Å². The van der Waals surface area contributed by atoms with Gasteiger partial charge in [-0.15, -0.1) is 0 Å². The van der Waals surface area contributed by atoms with E-state index in [1.54, 1.807) is 0 Å². The fourth-order valence-electron chi connectivity index (χ4n) is 2.28. The Kier molecular flexibility index (Phi) is 5.17. The van der Waals surface area contributed by atoms with E-state index in [1.165, 1.54) is 0 Å². The Balaban J connectivity index is 2.05. The maximum atomic E-state index is 12.2. The van der Waals surface area contributed by atoms with Gasteiger partial charge in [0.15, 0.2) is 0 Å². The van der Waals surface area contributed by atoms with E-state index in [2.05, 4.69) is 33.3 Å². The number of rotatable bonds is 5. The number of hydrogen-bond acceptors (Lipinski definition) is 3. The number of nitrogens with one attached hydrogen (secondary N) is 1. The average Bonchev–Trinajstić information content (AvgIpc) is 2.78. The number of halogens is 1. The third-order valence-electron chi connectivity index (χ3n) is 3.53. The molecule has 1 atom stereocenters. The van der Waals surface area contributed by atoms with Crippen LogP contribution in [0.15, 0.2) is 33.3 Å². The molecule has 0 saturated carbocycles. The van der Waals surface area contributed by atoms with Gasteiger partial charge in [-0.25, -0.2) is 0 Å². The smallest absolute Gasteiger partial charge is 0.225 e. The zero-order chi connectivity index (χ0) is 15.4. The predicted molar refractivity (Wildman–Crippen MR) is 85.0 cm³/mol. The lowest BCUT2D eigenvalue weighted by molar-refractivity contribution is -0.121. The molecule has 112 valence electrons. The zero-order valence-corrected chi connectivity index (χ0v) is 14.0. The Labute approximate surface area is 133 Å². The van der Waals surface area contributed by atoms with E-state index in [9.17, 15) is 4.79 Å². The molecule has 0 unspecified atom stereocenters. The molecule has 1 aromatic heterocycles. The average molecular weight is 351 g/mol. The minimum Gasteiger partial charge on any atom is -0.361 e. The number of carbonyl (C=O) groups is 1. The monoisotopic (exact) mass is 350 g/mol. The summed E-state index contributed by atoms with van der Waals surface area (Å²) in [5.74, 6) is 0.693. The summed E-state index contributed by atoms with van der Waals surface area (Å²) in [4.78, 5) is 12.2. The van der Waals surface area contributed by atoms with Gasteiger partial charge in [-0.1, -0.05) is 40.1 Å². The summed E-state index contributed by atoms with van der Waals surface area (Å²) in [6, 6.07) is 8.03. The van der Waals surface area contributed by atoms with Crippen LogP contribution in [0.4, 0.5) is 0 Å². The molecule has 1 amide bonds. The summed E-state index contributed by atoms with van der Waals surface area (Å²) >= 11 is 3.42. The molecule has 0 radical (unpaired) electrons. The van der Waals surface area contributed by atoms with E-state index in [4.69, 9.17) is 4.52 Å². The van der Waals surface area contributed by atoms with Crippen molar-refractivity contribution in [2.75, 3.05) is 0 Å². The highest BCUT2D eigenvalue weighted by atomic mass is 79.9. The first kappa shape index (κ1) is 15.8. The van der Waals surface area contributed by atoms with E-state index >= 15 is 0 Å². The van der Waals surface area contributed by atoms with Gasteiger partial charge in [0.25, 0.3) is 0 Å². The Bertz CT molecular complexity index is 600. The van der Waals surface area contributed by atoms with Gasteiger partial charge in [0.1, 0.15) is 5.76 Å². The molecule has 1 aromatic carbocycles. The van der Waals surface area contributed by atoms with Crippen molar-refractivity contribution < 1.29 is 9.32 Å². The topological polar surface area (TPSA) is 55.1 Å². The Morgan fingerprint density at radius 1 is 1.33 bits per heavy atom. The highest BCUT2D eigenvalue weighted by molar-refractivity contribution is 9.10. The molecular formula is C16H19BrN2O2. The number of benzene rings is 1. The van der Waals surface area contributed by atoms with Crippen LogP contribution in [0.25, 0.3) is 0 Å². The number of carbonyl (C=O) groups excluding carboxylic acids is 1. The number of hydrogen-bond donors (Lipinski definition) is 1. The number of nitrogens with zero attached hydrogens (tertiary/aromatic N) is 1. The summed E-state index contributed by atoms with van der Waals surface area (Å²) in [5, 5.41) is 6.95. The fourth-order valence-corrected chi connectivity index (χ4v) is 2.54. The molecule has 0 aliphatic rings. The van der Waals surface area contributed by atoms with Crippen LogP contribution in [0.3, 0.4) is 0 Å². The molecule has 0 saturated heterocycles. The Hall–Kier alpha value is -1.62. The summed E-state index contributed by atoms with van der Waals surface area (Å²) < 4.78 is 6.12. The normalized spacial score (nSPS) is 12.2. The molecule has 1 N–H and O–H groups in total. The van der Waals surface area contributed by atoms with Crippen molar-refractivity contribution >= 4 is 21.8 Å². The van der Waals surface area contributed by atoms with Gasteiger partial charge in [0.05, 0.1) is 18.2 Å². The second-order valence-electron chi connectivity index (χ2n) is 5.06. The van der Waals surface area contributed by atoms with E-state index in [1.807, 2.05) is 38.1 Å². The van der Waals surface area contributed by atoms with Crippen molar-refractivity contribution in [1.82, 2.24) is 10.5 Å². The lowest BCUT2D eigenvalue weighted by atomic mass is 10.0. The molecule has 0 fully saturated rings. The minimum absolute atomic E-state index is 0.0147. The van der Waals surface area contributed by atoms with Crippen molar-refractivity contribution in [3.8, 4) is 0 Å². The van der Waals surface area contributed by atoms with E-state index < -0.39 is 0 Å². The molecule has 1 heterocycles. The summed E-state index contributed by atoms with van der Waals surface area (Å²) in [6.45, 7) is 5.74. The minimum atomic E-state index is -0.0147.